The maximum Gasteiger partial charge on any atom is 0.306 e. The summed E-state index contributed by atoms with van der Waals surface area (Å²) in [4.78, 5) is 10.8. The van der Waals surface area contributed by atoms with Gasteiger partial charge in [0.2, 0.25) is 10.0 Å². The van der Waals surface area contributed by atoms with Crippen LogP contribution < -0.4 is 4.72 Å². The lowest BCUT2D eigenvalue weighted by Gasteiger charge is -2.26. The van der Waals surface area contributed by atoms with E-state index in [2.05, 4.69) is 4.72 Å². The average molecular weight is 279 g/mol. The van der Waals surface area contributed by atoms with Gasteiger partial charge in [-0.15, -0.1) is 0 Å². The zero-order valence-corrected chi connectivity index (χ0v) is 11.4. The second-order valence-electron chi connectivity index (χ2n) is 4.67. The van der Waals surface area contributed by atoms with Crippen LogP contribution in [0.5, 0.6) is 0 Å². The van der Waals surface area contributed by atoms with Gasteiger partial charge >= 0.3 is 5.97 Å². The number of carbonyl (C=O) groups is 1. The van der Waals surface area contributed by atoms with Crippen LogP contribution in [0.1, 0.15) is 32.1 Å². The van der Waals surface area contributed by atoms with Crippen molar-refractivity contribution in [1.82, 2.24) is 4.72 Å². The molecule has 2 N–H and O–H groups in total. The van der Waals surface area contributed by atoms with E-state index in [4.69, 9.17) is 9.84 Å². The smallest absolute Gasteiger partial charge is 0.306 e. The topological polar surface area (TPSA) is 92.7 Å². The molecule has 0 radical (unpaired) electrons. The fraction of sp³-hybridized carbons (Fsp3) is 0.909. The van der Waals surface area contributed by atoms with Crippen LogP contribution >= 0.6 is 0 Å². The third-order valence-electron chi connectivity index (χ3n) is 3.18. The minimum atomic E-state index is -3.27. The van der Waals surface area contributed by atoms with E-state index in [1.54, 1.807) is 0 Å². The minimum absolute atomic E-state index is 0.0553. The molecule has 6 nitrogen and oxygen atoms in total. The molecule has 0 unspecified atom stereocenters. The molecule has 0 aromatic heterocycles. The van der Waals surface area contributed by atoms with Crippen LogP contribution in [0.2, 0.25) is 0 Å². The van der Waals surface area contributed by atoms with Crippen LogP contribution in [-0.4, -0.2) is 45.0 Å². The summed E-state index contributed by atoms with van der Waals surface area (Å²) in [5.74, 6) is -1.05. The van der Waals surface area contributed by atoms with Gasteiger partial charge in [0.25, 0.3) is 0 Å². The molecule has 18 heavy (non-hydrogen) atoms. The van der Waals surface area contributed by atoms with Crippen molar-refractivity contribution in [2.24, 2.45) is 5.92 Å². The number of hydrogen-bond donors (Lipinski definition) is 2. The number of ether oxygens (including phenoxy) is 1. The van der Waals surface area contributed by atoms with Crippen molar-refractivity contribution in [3.05, 3.63) is 0 Å². The summed E-state index contributed by atoms with van der Waals surface area (Å²) in [6.45, 7) is 0.423. The summed E-state index contributed by atoms with van der Waals surface area (Å²) in [6.07, 6.45) is 2.75. The molecular formula is C11H21NO5S. The Balaban J connectivity index is 2.33. The molecule has 1 fully saturated rings. The number of aliphatic carboxylic acids is 1. The quantitative estimate of drug-likeness (QED) is 0.665. The Kier molecular flexibility index (Phi) is 6.04. The lowest BCUT2D eigenvalue weighted by molar-refractivity contribution is -0.142. The van der Waals surface area contributed by atoms with Crippen molar-refractivity contribution in [3.63, 3.8) is 0 Å². The molecule has 0 aromatic carbocycles. The predicted molar refractivity (Wildman–Crippen MR) is 66.8 cm³/mol. The van der Waals surface area contributed by atoms with Gasteiger partial charge in [-0.1, -0.05) is 0 Å². The van der Waals surface area contributed by atoms with E-state index in [0.717, 1.165) is 0 Å². The molecule has 1 saturated carbocycles. The van der Waals surface area contributed by atoms with Crippen LogP contribution in [0.15, 0.2) is 0 Å². The fourth-order valence-corrected chi connectivity index (χ4v) is 3.52. The minimum Gasteiger partial charge on any atom is -0.481 e. The zero-order valence-electron chi connectivity index (χ0n) is 10.6. The second kappa shape index (κ2) is 7.06. The molecule has 0 spiro atoms. The average Bonchev–Trinajstić information content (AvgIpc) is 2.29. The van der Waals surface area contributed by atoms with Gasteiger partial charge < -0.3 is 9.84 Å². The van der Waals surface area contributed by atoms with Crippen molar-refractivity contribution in [2.75, 3.05) is 19.5 Å². The monoisotopic (exact) mass is 279 g/mol. The van der Waals surface area contributed by atoms with Gasteiger partial charge in [0.05, 0.1) is 11.7 Å². The highest BCUT2D eigenvalue weighted by Crippen LogP contribution is 2.24. The highest BCUT2D eigenvalue weighted by atomic mass is 32.2. The Hall–Kier alpha value is -0.660. The van der Waals surface area contributed by atoms with E-state index >= 15 is 0 Å². The SMILES string of the molecule is COCCCS(=O)(=O)NC1CCC(C(=O)O)CC1. The Bertz CT molecular complexity index is 360. The summed E-state index contributed by atoms with van der Waals surface area (Å²) in [5, 5.41) is 8.85. The molecule has 1 aliphatic rings. The molecule has 0 heterocycles. The van der Waals surface area contributed by atoms with E-state index in [1.807, 2.05) is 0 Å². The molecule has 0 bridgehead atoms. The van der Waals surface area contributed by atoms with Crippen molar-refractivity contribution >= 4 is 16.0 Å². The van der Waals surface area contributed by atoms with Gasteiger partial charge in [0.15, 0.2) is 0 Å². The molecule has 0 amide bonds. The third kappa shape index (κ3) is 5.32. The Morgan fingerprint density at radius 2 is 1.94 bits per heavy atom. The molecule has 0 aliphatic heterocycles. The number of sulfonamides is 1. The summed E-state index contributed by atoms with van der Waals surface area (Å²) in [7, 11) is -1.73. The fourth-order valence-electron chi connectivity index (χ4n) is 2.16. The van der Waals surface area contributed by atoms with E-state index in [1.165, 1.54) is 7.11 Å². The lowest BCUT2D eigenvalue weighted by Crippen LogP contribution is -2.39. The molecule has 0 aromatic rings. The van der Waals surface area contributed by atoms with E-state index in [9.17, 15) is 13.2 Å². The number of methoxy groups -OCH3 is 1. The van der Waals surface area contributed by atoms with Gasteiger partial charge in [-0.05, 0) is 32.1 Å². The summed E-state index contributed by atoms with van der Waals surface area (Å²) in [5.41, 5.74) is 0. The van der Waals surface area contributed by atoms with Crippen molar-refractivity contribution in [3.8, 4) is 0 Å². The number of rotatable bonds is 7. The van der Waals surface area contributed by atoms with E-state index in [0.29, 0.717) is 38.7 Å². The molecule has 106 valence electrons. The highest BCUT2D eigenvalue weighted by Gasteiger charge is 2.27. The summed E-state index contributed by atoms with van der Waals surface area (Å²) in [6, 6.07) is -0.117. The van der Waals surface area contributed by atoms with Crippen LogP contribution in [0, 0.1) is 5.92 Å². The lowest BCUT2D eigenvalue weighted by atomic mass is 9.87. The van der Waals surface area contributed by atoms with Crippen LogP contribution in [-0.2, 0) is 19.6 Å². The summed E-state index contributed by atoms with van der Waals surface area (Å²) >= 11 is 0. The number of carboxylic acid groups (broad SMARTS) is 1. The Labute approximate surface area is 108 Å². The van der Waals surface area contributed by atoms with Gasteiger partial charge in [-0.25, -0.2) is 13.1 Å². The van der Waals surface area contributed by atoms with Gasteiger partial charge in [-0.3, -0.25) is 4.79 Å². The Morgan fingerprint density at radius 3 is 2.44 bits per heavy atom. The van der Waals surface area contributed by atoms with Crippen LogP contribution in [0.25, 0.3) is 0 Å². The van der Waals surface area contributed by atoms with Crippen molar-refractivity contribution < 1.29 is 23.1 Å². The Morgan fingerprint density at radius 1 is 1.33 bits per heavy atom. The molecule has 1 aliphatic carbocycles. The van der Waals surface area contributed by atoms with Crippen LogP contribution in [0.3, 0.4) is 0 Å². The largest absolute Gasteiger partial charge is 0.481 e. The molecule has 1 rings (SSSR count). The molecular weight excluding hydrogens is 258 g/mol. The van der Waals surface area contributed by atoms with E-state index < -0.39 is 16.0 Å². The van der Waals surface area contributed by atoms with E-state index in [-0.39, 0.29) is 17.7 Å². The number of nitrogens with one attached hydrogen (secondary N) is 1. The first-order valence-electron chi connectivity index (χ1n) is 6.16. The first-order chi connectivity index (χ1) is 8.44. The van der Waals surface area contributed by atoms with Gasteiger partial charge in [0, 0.05) is 19.8 Å². The van der Waals surface area contributed by atoms with Crippen molar-refractivity contribution in [2.45, 2.75) is 38.1 Å². The van der Waals surface area contributed by atoms with Gasteiger partial charge in [-0.2, -0.15) is 0 Å². The first kappa shape index (κ1) is 15.4. The molecule has 0 saturated heterocycles. The number of carboxylic acids is 1. The normalized spacial score (nSPS) is 24.9. The molecule has 0 atom stereocenters. The highest BCUT2D eigenvalue weighted by molar-refractivity contribution is 7.89. The number of hydrogen-bond acceptors (Lipinski definition) is 4. The van der Waals surface area contributed by atoms with Crippen molar-refractivity contribution in [1.29, 1.82) is 0 Å². The molecule has 7 heteroatoms. The summed E-state index contributed by atoms with van der Waals surface area (Å²) < 4.78 is 30.9. The maximum absolute atomic E-state index is 11.7. The predicted octanol–water partition coefficient (Wildman–Crippen LogP) is 0.586. The standard InChI is InChI=1S/C11H21NO5S/c1-17-7-2-8-18(15,16)12-10-5-3-9(4-6-10)11(13)14/h9-10,12H,2-8H2,1H3,(H,13,14). The zero-order chi connectivity index (χ0) is 13.6. The first-order valence-corrected chi connectivity index (χ1v) is 7.81. The third-order valence-corrected chi connectivity index (χ3v) is 4.70. The van der Waals surface area contributed by atoms with Crippen LogP contribution in [0.4, 0.5) is 0 Å². The maximum atomic E-state index is 11.7. The second-order valence-corrected chi connectivity index (χ2v) is 6.54. The van der Waals surface area contributed by atoms with Gasteiger partial charge in [0.1, 0.15) is 0 Å².